The Labute approximate surface area is 96.4 Å². The van der Waals surface area contributed by atoms with Crippen molar-refractivity contribution in [3.63, 3.8) is 0 Å². The van der Waals surface area contributed by atoms with Gasteiger partial charge >= 0.3 is 0 Å². The van der Waals surface area contributed by atoms with Crippen LogP contribution in [0.2, 0.25) is 0 Å². The molecule has 0 aromatic carbocycles. The van der Waals surface area contributed by atoms with Crippen LogP contribution in [0.4, 0.5) is 0 Å². The Kier molecular flexibility index (Phi) is 2.73. The van der Waals surface area contributed by atoms with Gasteiger partial charge in [-0.2, -0.15) is 0 Å². The Hall–Kier alpha value is -1.70. The Morgan fingerprint density at radius 2 is 1.81 bits per heavy atom. The first-order valence-corrected chi connectivity index (χ1v) is 5.44. The second-order valence-electron chi connectivity index (χ2n) is 4.92. The molecule has 0 unspecified atom stereocenters. The lowest BCUT2D eigenvalue weighted by Crippen LogP contribution is -2.13. The molecule has 0 aliphatic heterocycles. The van der Waals surface area contributed by atoms with E-state index in [1.165, 1.54) is 5.56 Å². The molecule has 2 aromatic heterocycles. The molecule has 0 spiro atoms. The van der Waals surface area contributed by atoms with Crippen LogP contribution in [0.5, 0.6) is 0 Å². The van der Waals surface area contributed by atoms with Gasteiger partial charge in [0.2, 0.25) is 0 Å². The van der Waals surface area contributed by atoms with Gasteiger partial charge in [0.25, 0.3) is 0 Å². The highest BCUT2D eigenvalue weighted by molar-refractivity contribution is 5.62. The van der Waals surface area contributed by atoms with Crippen molar-refractivity contribution in [3.05, 3.63) is 48.5 Å². The van der Waals surface area contributed by atoms with Crippen molar-refractivity contribution in [2.24, 2.45) is 0 Å². The van der Waals surface area contributed by atoms with Gasteiger partial charge in [-0.05, 0) is 23.8 Å². The second-order valence-corrected chi connectivity index (χ2v) is 4.92. The molecule has 0 amide bonds. The van der Waals surface area contributed by atoms with Crippen LogP contribution in [0.15, 0.2) is 42.9 Å². The average molecular weight is 212 g/mol. The zero-order chi connectivity index (χ0) is 11.6. The molecule has 0 saturated heterocycles. The fourth-order valence-electron chi connectivity index (χ4n) is 1.55. The number of hydrogen-bond donors (Lipinski definition) is 0. The van der Waals surface area contributed by atoms with Crippen LogP contribution in [0, 0.1) is 0 Å². The summed E-state index contributed by atoms with van der Waals surface area (Å²) in [5, 5.41) is 0. The first-order chi connectivity index (χ1) is 7.57. The van der Waals surface area contributed by atoms with Gasteiger partial charge in [0.1, 0.15) is 0 Å². The highest BCUT2D eigenvalue weighted by Gasteiger charge is 2.15. The molecule has 0 fully saturated rings. The van der Waals surface area contributed by atoms with Crippen LogP contribution >= 0.6 is 0 Å². The lowest BCUT2D eigenvalue weighted by molar-refractivity contribution is 0.569. The Bertz CT molecular complexity index is 470. The molecular weight excluding hydrogens is 196 g/mol. The molecule has 2 nitrogen and oxygen atoms in total. The number of pyridine rings is 2. The standard InChI is InChI=1S/C14H16N2/c1-14(2,3)13-9-11(6-8-16-13)12-5-4-7-15-10-12/h4-10H,1-3H3. The van der Waals surface area contributed by atoms with Gasteiger partial charge < -0.3 is 0 Å². The van der Waals surface area contributed by atoms with Crippen LogP contribution in [0.25, 0.3) is 11.1 Å². The van der Waals surface area contributed by atoms with Crippen LogP contribution in [-0.4, -0.2) is 9.97 Å². The molecule has 16 heavy (non-hydrogen) atoms. The van der Waals surface area contributed by atoms with Crippen molar-refractivity contribution in [3.8, 4) is 11.1 Å². The van der Waals surface area contributed by atoms with Gasteiger partial charge in [0.05, 0.1) is 0 Å². The zero-order valence-electron chi connectivity index (χ0n) is 9.94. The predicted octanol–water partition coefficient (Wildman–Crippen LogP) is 3.44. The lowest BCUT2D eigenvalue weighted by Gasteiger charge is -2.18. The van der Waals surface area contributed by atoms with E-state index in [1.54, 1.807) is 6.20 Å². The van der Waals surface area contributed by atoms with Crippen molar-refractivity contribution in [2.45, 2.75) is 26.2 Å². The van der Waals surface area contributed by atoms with Gasteiger partial charge in [-0.3, -0.25) is 9.97 Å². The molecule has 2 rings (SSSR count). The van der Waals surface area contributed by atoms with E-state index in [2.05, 4.69) is 42.9 Å². The molecule has 0 bridgehead atoms. The monoisotopic (exact) mass is 212 g/mol. The van der Waals surface area contributed by atoms with E-state index in [0.717, 1.165) is 11.3 Å². The van der Waals surface area contributed by atoms with Crippen molar-refractivity contribution >= 4 is 0 Å². The first-order valence-electron chi connectivity index (χ1n) is 5.44. The molecule has 0 aliphatic rings. The second kappa shape index (κ2) is 4.05. The largest absolute Gasteiger partial charge is 0.264 e. The third kappa shape index (κ3) is 2.27. The first kappa shape index (κ1) is 10.8. The molecule has 2 heterocycles. The summed E-state index contributed by atoms with van der Waals surface area (Å²) in [5.74, 6) is 0. The molecule has 2 aromatic rings. The Morgan fingerprint density at radius 1 is 1.00 bits per heavy atom. The summed E-state index contributed by atoms with van der Waals surface area (Å²) < 4.78 is 0. The van der Waals surface area contributed by atoms with E-state index >= 15 is 0 Å². The maximum atomic E-state index is 4.42. The van der Waals surface area contributed by atoms with E-state index < -0.39 is 0 Å². The van der Waals surface area contributed by atoms with Gasteiger partial charge in [-0.1, -0.05) is 26.8 Å². The molecular formula is C14H16N2. The summed E-state index contributed by atoms with van der Waals surface area (Å²) in [6, 6.07) is 8.17. The SMILES string of the molecule is CC(C)(C)c1cc(-c2cccnc2)ccn1. The summed E-state index contributed by atoms with van der Waals surface area (Å²) in [6.45, 7) is 6.51. The van der Waals surface area contributed by atoms with Crippen molar-refractivity contribution in [1.29, 1.82) is 0 Å². The smallest absolute Gasteiger partial charge is 0.0463 e. The number of rotatable bonds is 1. The van der Waals surface area contributed by atoms with Gasteiger partial charge in [-0.25, -0.2) is 0 Å². The van der Waals surface area contributed by atoms with Gasteiger partial charge in [-0.15, -0.1) is 0 Å². The Morgan fingerprint density at radius 3 is 2.44 bits per heavy atom. The molecule has 2 heteroatoms. The third-order valence-electron chi connectivity index (χ3n) is 2.52. The van der Waals surface area contributed by atoms with E-state index in [4.69, 9.17) is 0 Å². The Balaban J connectivity index is 2.45. The zero-order valence-corrected chi connectivity index (χ0v) is 9.94. The third-order valence-corrected chi connectivity index (χ3v) is 2.52. The number of nitrogens with zero attached hydrogens (tertiary/aromatic N) is 2. The molecule has 0 N–H and O–H groups in total. The van der Waals surface area contributed by atoms with E-state index in [9.17, 15) is 0 Å². The van der Waals surface area contributed by atoms with E-state index in [0.29, 0.717) is 0 Å². The van der Waals surface area contributed by atoms with Crippen molar-refractivity contribution in [1.82, 2.24) is 9.97 Å². The molecule has 0 atom stereocenters. The van der Waals surface area contributed by atoms with E-state index in [-0.39, 0.29) is 5.41 Å². The summed E-state index contributed by atoms with van der Waals surface area (Å²) in [4.78, 5) is 8.55. The normalized spacial score (nSPS) is 11.4. The number of hydrogen-bond acceptors (Lipinski definition) is 2. The highest BCUT2D eigenvalue weighted by Crippen LogP contribution is 2.24. The minimum atomic E-state index is 0.0816. The van der Waals surface area contributed by atoms with Crippen molar-refractivity contribution in [2.75, 3.05) is 0 Å². The van der Waals surface area contributed by atoms with Crippen LogP contribution < -0.4 is 0 Å². The topological polar surface area (TPSA) is 25.8 Å². The summed E-state index contributed by atoms with van der Waals surface area (Å²) in [6.07, 6.45) is 5.53. The highest BCUT2D eigenvalue weighted by atomic mass is 14.7. The van der Waals surface area contributed by atoms with Gasteiger partial charge in [0.15, 0.2) is 0 Å². The average Bonchev–Trinajstić information content (AvgIpc) is 2.29. The lowest BCUT2D eigenvalue weighted by atomic mass is 9.90. The fraction of sp³-hybridized carbons (Fsp3) is 0.286. The summed E-state index contributed by atoms with van der Waals surface area (Å²) in [7, 11) is 0. The maximum absolute atomic E-state index is 4.42. The van der Waals surface area contributed by atoms with Gasteiger partial charge in [0, 0.05) is 35.3 Å². The molecule has 0 saturated carbocycles. The van der Waals surface area contributed by atoms with Crippen LogP contribution in [0.3, 0.4) is 0 Å². The number of aromatic nitrogens is 2. The summed E-state index contributed by atoms with van der Waals surface area (Å²) >= 11 is 0. The molecule has 0 aliphatic carbocycles. The fourth-order valence-corrected chi connectivity index (χ4v) is 1.55. The minimum absolute atomic E-state index is 0.0816. The van der Waals surface area contributed by atoms with Crippen LogP contribution in [-0.2, 0) is 5.41 Å². The van der Waals surface area contributed by atoms with Crippen molar-refractivity contribution < 1.29 is 0 Å². The minimum Gasteiger partial charge on any atom is -0.264 e. The quantitative estimate of drug-likeness (QED) is 0.723. The van der Waals surface area contributed by atoms with E-state index in [1.807, 2.05) is 24.5 Å². The summed E-state index contributed by atoms with van der Waals surface area (Å²) in [5.41, 5.74) is 3.50. The van der Waals surface area contributed by atoms with Crippen LogP contribution in [0.1, 0.15) is 26.5 Å². The molecule has 0 radical (unpaired) electrons. The maximum Gasteiger partial charge on any atom is 0.0463 e. The predicted molar refractivity (Wildman–Crippen MR) is 66.2 cm³/mol. The molecule has 82 valence electrons.